The average Bonchev–Trinajstić information content (AvgIpc) is 2.81. The Bertz CT molecular complexity index is 300. The van der Waals surface area contributed by atoms with Crippen molar-refractivity contribution in [2.24, 2.45) is 0 Å². The van der Waals surface area contributed by atoms with Crippen LogP contribution in [0.15, 0.2) is 0 Å². The van der Waals surface area contributed by atoms with Crippen LogP contribution in [0.5, 0.6) is 0 Å². The molecule has 2 saturated heterocycles. The fourth-order valence-electron chi connectivity index (χ4n) is 2.22. The molecule has 17 heavy (non-hydrogen) atoms. The Labute approximate surface area is 99.5 Å². The number of ether oxygens (including phenoxy) is 2. The molecule has 2 aliphatic rings. The zero-order valence-electron chi connectivity index (χ0n) is 9.63. The van der Waals surface area contributed by atoms with Crippen molar-refractivity contribution in [2.75, 3.05) is 26.4 Å². The quantitative estimate of drug-likeness (QED) is 0.747. The number of nitrogens with zero attached hydrogens (tertiary/aromatic N) is 1. The van der Waals surface area contributed by atoms with Gasteiger partial charge < -0.3 is 19.5 Å². The van der Waals surface area contributed by atoms with Gasteiger partial charge in [0.2, 0.25) is 5.91 Å². The largest absolute Gasteiger partial charge is 0.480 e. The van der Waals surface area contributed by atoms with E-state index in [1.807, 2.05) is 0 Å². The van der Waals surface area contributed by atoms with Gasteiger partial charge in [-0.1, -0.05) is 0 Å². The molecule has 2 atom stereocenters. The summed E-state index contributed by atoms with van der Waals surface area (Å²) in [5, 5.41) is 9.01. The first-order valence-electron chi connectivity index (χ1n) is 5.90. The van der Waals surface area contributed by atoms with E-state index in [9.17, 15) is 9.59 Å². The summed E-state index contributed by atoms with van der Waals surface area (Å²) in [6, 6.07) is -0.849. The van der Waals surface area contributed by atoms with E-state index in [1.54, 1.807) is 0 Å². The zero-order valence-corrected chi connectivity index (χ0v) is 9.63. The molecule has 2 fully saturated rings. The standard InChI is InChI=1S/C11H17NO5/c13-10(6-8-2-1-4-17-8)12-3-5-16-7-9(12)11(14)15/h8-9H,1-7H2,(H,14,15)/t8-,9+/m0/s1. The summed E-state index contributed by atoms with van der Waals surface area (Å²) in [5.74, 6) is -1.15. The lowest BCUT2D eigenvalue weighted by Crippen LogP contribution is -2.53. The molecule has 2 aliphatic heterocycles. The fourth-order valence-corrected chi connectivity index (χ4v) is 2.22. The van der Waals surface area contributed by atoms with E-state index >= 15 is 0 Å². The molecule has 0 unspecified atom stereocenters. The summed E-state index contributed by atoms with van der Waals surface area (Å²) in [7, 11) is 0. The molecule has 0 bridgehead atoms. The Morgan fingerprint density at radius 2 is 2.18 bits per heavy atom. The van der Waals surface area contributed by atoms with Crippen LogP contribution in [0.3, 0.4) is 0 Å². The number of rotatable bonds is 3. The number of amides is 1. The molecule has 2 heterocycles. The van der Waals surface area contributed by atoms with Crippen molar-refractivity contribution < 1.29 is 24.2 Å². The molecule has 2 rings (SSSR count). The van der Waals surface area contributed by atoms with Gasteiger partial charge in [0.05, 0.1) is 25.7 Å². The van der Waals surface area contributed by atoms with Gasteiger partial charge in [-0.05, 0) is 12.8 Å². The monoisotopic (exact) mass is 243 g/mol. The summed E-state index contributed by atoms with van der Waals surface area (Å²) in [6.07, 6.45) is 2.10. The Morgan fingerprint density at radius 1 is 1.35 bits per heavy atom. The fraction of sp³-hybridized carbons (Fsp3) is 0.818. The zero-order chi connectivity index (χ0) is 12.3. The number of hydrogen-bond donors (Lipinski definition) is 1. The third kappa shape index (κ3) is 2.95. The highest BCUT2D eigenvalue weighted by Gasteiger charge is 2.34. The van der Waals surface area contributed by atoms with Crippen LogP contribution in [0.25, 0.3) is 0 Å². The highest BCUT2D eigenvalue weighted by molar-refractivity contribution is 5.84. The van der Waals surface area contributed by atoms with E-state index in [-0.39, 0.29) is 25.0 Å². The average molecular weight is 243 g/mol. The first-order chi connectivity index (χ1) is 8.18. The van der Waals surface area contributed by atoms with Crippen molar-refractivity contribution in [1.82, 2.24) is 4.90 Å². The van der Waals surface area contributed by atoms with Crippen LogP contribution < -0.4 is 0 Å². The maximum Gasteiger partial charge on any atom is 0.328 e. The number of carbonyl (C=O) groups excluding carboxylic acids is 1. The smallest absolute Gasteiger partial charge is 0.328 e. The second-order valence-corrected chi connectivity index (χ2v) is 4.36. The van der Waals surface area contributed by atoms with Gasteiger partial charge >= 0.3 is 5.97 Å². The number of carboxylic acid groups (broad SMARTS) is 1. The van der Waals surface area contributed by atoms with E-state index in [4.69, 9.17) is 14.6 Å². The number of carboxylic acids is 1. The summed E-state index contributed by atoms with van der Waals surface area (Å²) in [4.78, 5) is 24.4. The molecule has 1 amide bonds. The minimum Gasteiger partial charge on any atom is -0.480 e. The van der Waals surface area contributed by atoms with Gasteiger partial charge in [0.1, 0.15) is 0 Å². The van der Waals surface area contributed by atoms with Crippen LogP contribution in [-0.2, 0) is 19.1 Å². The first kappa shape index (κ1) is 12.3. The summed E-state index contributed by atoms with van der Waals surface area (Å²) < 4.78 is 10.5. The predicted molar refractivity (Wildman–Crippen MR) is 57.5 cm³/mol. The lowest BCUT2D eigenvalue weighted by molar-refractivity contribution is -0.159. The third-order valence-electron chi connectivity index (χ3n) is 3.16. The molecule has 0 saturated carbocycles. The van der Waals surface area contributed by atoms with Crippen molar-refractivity contribution in [1.29, 1.82) is 0 Å². The van der Waals surface area contributed by atoms with Gasteiger partial charge in [0.25, 0.3) is 0 Å². The van der Waals surface area contributed by atoms with Gasteiger partial charge in [0.15, 0.2) is 6.04 Å². The maximum atomic E-state index is 12.0. The minimum absolute atomic E-state index is 0.0419. The SMILES string of the molecule is O=C(O)[C@H]1COCCN1C(=O)C[C@@H]1CCCO1. The van der Waals surface area contributed by atoms with Crippen LogP contribution >= 0.6 is 0 Å². The Balaban J connectivity index is 1.93. The van der Waals surface area contributed by atoms with E-state index in [2.05, 4.69) is 0 Å². The lowest BCUT2D eigenvalue weighted by atomic mass is 10.1. The maximum absolute atomic E-state index is 12.0. The Kier molecular flexibility index (Phi) is 3.96. The predicted octanol–water partition coefficient (Wildman–Crippen LogP) is -0.133. The molecule has 6 heteroatoms. The summed E-state index contributed by atoms with van der Waals surface area (Å²) in [6.45, 7) is 1.53. The van der Waals surface area contributed by atoms with Crippen molar-refractivity contribution in [2.45, 2.75) is 31.4 Å². The second-order valence-electron chi connectivity index (χ2n) is 4.36. The van der Waals surface area contributed by atoms with Gasteiger partial charge in [-0.15, -0.1) is 0 Å². The van der Waals surface area contributed by atoms with Crippen molar-refractivity contribution >= 4 is 11.9 Å². The molecular formula is C11H17NO5. The molecular weight excluding hydrogens is 226 g/mol. The first-order valence-corrected chi connectivity index (χ1v) is 5.90. The molecule has 96 valence electrons. The number of carbonyl (C=O) groups is 2. The van der Waals surface area contributed by atoms with Crippen molar-refractivity contribution in [3.63, 3.8) is 0 Å². The third-order valence-corrected chi connectivity index (χ3v) is 3.16. The van der Waals surface area contributed by atoms with Crippen molar-refractivity contribution in [3.05, 3.63) is 0 Å². The van der Waals surface area contributed by atoms with Gasteiger partial charge in [-0.2, -0.15) is 0 Å². The molecule has 6 nitrogen and oxygen atoms in total. The highest BCUT2D eigenvalue weighted by Crippen LogP contribution is 2.18. The normalized spacial score (nSPS) is 29.3. The summed E-state index contributed by atoms with van der Waals surface area (Å²) in [5.41, 5.74) is 0. The second kappa shape index (κ2) is 5.46. The highest BCUT2D eigenvalue weighted by atomic mass is 16.5. The number of hydrogen-bond acceptors (Lipinski definition) is 4. The van der Waals surface area contributed by atoms with Gasteiger partial charge in [-0.25, -0.2) is 4.79 Å². The van der Waals surface area contributed by atoms with Gasteiger partial charge in [-0.3, -0.25) is 4.79 Å². The molecule has 0 radical (unpaired) electrons. The van der Waals surface area contributed by atoms with E-state index in [0.717, 1.165) is 12.8 Å². The number of aliphatic carboxylic acids is 1. The lowest BCUT2D eigenvalue weighted by Gasteiger charge is -2.33. The Hall–Kier alpha value is -1.14. The molecule has 0 spiro atoms. The van der Waals surface area contributed by atoms with Crippen LogP contribution in [0, 0.1) is 0 Å². The van der Waals surface area contributed by atoms with Crippen LogP contribution in [0.1, 0.15) is 19.3 Å². The molecule has 0 aromatic carbocycles. The van der Waals surface area contributed by atoms with E-state index < -0.39 is 12.0 Å². The van der Waals surface area contributed by atoms with Crippen LogP contribution in [0.2, 0.25) is 0 Å². The topological polar surface area (TPSA) is 76.1 Å². The van der Waals surface area contributed by atoms with Crippen LogP contribution in [-0.4, -0.2) is 60.4 Å². The minimum atomic E-state index is -1.01. The van der Waals surface area contributed by atoms with Crippen LogP contribution in [0.4, 0.5) is 0 Å². The molecule has 0 aromatic heterocycles. The summed E-state index contributed by atoms with van der Waals surface area (Å²) >= 11 is 0. The van der Waals surface area contributed by atoms with E-state index in [0.29, 0.717) is 19.8 Å². The molecule has 0 aromatic rings. The van der Waals surface area contributed by atoms with Crippen molar-refractivity contribution in [3.8, 4) is 0 Å². The number of morpholine rings is 1. The Morgan fingerprint density at radius 3 is 2.82 bits per heavy atom. The van der Waals surface area contributed by atoms with Gasteiger partial charge in [0, 0.05) is 13.2 Å². The van der Waals surface area contributed by atoms with E-state index in [1.165, 1.54) is 4.90 Å². The molecule has 1 N–H and O–H groups in total. The molecule has 0 aliphatic carbocycles.